The Morgan fingerprint density at radius 1 is 1.38 bits per heavy atom. The number of Topliss-reactive ketones (excluding diaryl/α,β-unsaturated/α-hetero) is 1. The molecule has 16 heavy (non-hydrogen) atoms. The average Bonchev–Trinajstić information content (AvgIpc) is 2.65. The van der Waals surface area contributed by atoms with Gasteiger partial charge in [0.25, 0.3) is 0 Å². The van der Waals surface area contributed by atoms with Crippen LogP contribution in [0.25, 0.3) is 0 Å². The minimum Gasteiger partial charge on any atom is -0.399 e. The number of aryl methyl sites for hydroxylation is 1. The van der Waals surface area contributed by atoms with Gasteiger partial charge in [-0.2, -0.15) is 0 Å². The second kappa shape index (κ2) is 4.14. The normalized spacial score (nSPS) is 10.3. The molecule has 0 unspecified atom stereocenters. The van der Waals surface area contributed by atoms with E-state index in [1.807, 2.05) is 0 Å². The number of nitrogens with two attached hydrogens (primary N) is 1. The largest absolute Gasteiger partial charge is 0.399 e. The number of rotatable bonds is 3. The number of anilines is 1. The molecular formula is C11H12N4O. The van der Waals surface area contributed by atoms with Crippen molar-refractivity contribution in [2.24, 2.45) is 7.05 Å². The van der Waals surface area contributed by atoms with E-state index in [2.05, 4.69) is 10.3 Å². The maximum absolute atomic E-state index is 11.8. The molecule has 0 fully saturated rings. The lowest BCUT2D eigenvalue weighted by Crippen LogP contribution is -2.04. The van der Waals surface area contributed by atoms with Crippen LogP contribution in [0.5, 0.6) is 0 Å². The van der Waals surface area contributed by atoms with Crippen molar-refractivity contribution in [3.8, 4) is 0 Å². The van der Waals surface area contributed by atoms with E-state index in [-0.39, 0.29) is 12.2 Å². The van der Waals surface area contributed by atoms with Gasteiger partial charge in [0.1, 0.15) is 0 Å². The second-order valence-corrected chi connectivity index (χ2v) is 3.61. The highest BCUT2D eigenvalue weighted by Crippen LogP contribution is 2.08. The quantitative estimate of drug-likeness (QED) is 0.609. The van der Waals surface area contributed by atoms with Crippen LogP contribution in [0.1, 0.15) is 16.1 Å². The SMILES string of the molecule is Cn1cc(CC(=O)c2ccc(N)cc2)nn1. The van der Waals surface area contributed by atoms with E-state index in [4.69, 9.17) is 5.73 Å². The van der Waals surface area contributed by atoms with Gasteiger partial charge in [-0.25, -0.2) is 0 Å². The summed E-state index contributed by atoms with van der Waals surface area (Å²) in [6.07, 6.45) is 1.99. The summed E-state index contributed by atoms with van der Waals surface area (Å²) in [5, 5.41) is 7.64. The van der Waals surface area contributed by atoms with Crippen LogP contribution in [0.2, 0.25) is 0 Å². The Bertz CT molecular complexity index is 501. The Morgan fingerprint density at radius 3 is 2.62 bits per heavy atom. The number of nitrogens with zero attached hydrogens (tertiary/aromatic N) is 3. The van der Waals surface area contributed by atoms with Crippen molar-refractivity contribution in [1.82, 2.24) is 15.0 Å². The monoisotopic (exact) mass is 216 g/mol. The fourth-order valence-electron chi connectivity index (χ4n) is 1.41. The molecule has 0 aliphatic heterocycles. The summed E-state index contributed by atoms with van der Waals surface area (Å²) >= 11 is 0. The molecule has 0 saturated carbocycles. The number of hydrogen-bond donors (Lipinski definition) is 1. The average molecular weight is 216 g/mol. The van der Waals surface area contributed by atoms with Gasteiger partial charge < -0.3 is 5.73 Å². The summed E-state index contributed by atoms with van der Waals surface area (Å²) < 4.78 is 1.57. The van der Waals surface area contributed by atoms with Crippen LogP contribution in [-0.4, -0.2) is 20.8 Å². The van der Waals surface area contributed by atoms with Crippen molar-refractivity contribution in [2.75, 3.05) is 5.73 Å². The fourth-order valence-corrected chi connectivity index (χ4v) is 1.41. The summed E-state index contributed by atoms with van der Waals surface area (Å²) in [7, 11) is 1.77. The molecule has 1 aromatic heterocycles. The van der Waals surface area contributed by atoms with Gasteiger partial charge in [0.15, 0.2) is 5.78 Å². The van der Waals surface area contributed by atoms with Crippen molar-refractivity contribution in [2.45, 2.75) is 6.42 Å². The first-order valence-electron chi connectivity index (χ1n) is 4.89. The first-order chi connectivity index (χ1) is 7.65. The molecule has 1 aromatic carbocycles. The third-order valence-corrected chi connectivity index (χ3v) is 2.22. The van der Waals surface area contributed by atoms with Crippen molar-refractivity contribution in [3.05, 3.63) is 41.7 Å². The number of ketones is 1. The number of hydrogen-bond acceptors (Lipinski definition) is 4. The van der Waals surface area contributed by atoms with Crippen molar-refractivity contribution in [3.63, 3.8) is 0 Å². The summed E-state index contributed by atoms with van der Waals surface area (Å²) in [6, 6.07) is 6.86. The van der Waals surface area contributed by atoms with E-state index in [9.17, 15) is 4.79 Å². The van der Waals surface area contributed by atoms with Crippen molar-refractivity contribution >= 4 is 11.5 Å². The van der Waals surface area contributed by atoms with E-state index in [1.165, 1.54) is 0 Å². The van der Waals surface area contributed by atoms with Crippen LogP contribution in [0, 0.1) is 0 Å². The van der Waals surface area contributed by atoms with Crippen molar-refractivity contribution < 1.29 is 4.79 Å². The zero-order valence-electron chi connectivity index (χ0n) is 8.92. The molecule has 2 rings (SSSR count). The minimum absolute atomic E-state index is 0.0144. The zero-order chi connectivity index (χ0) is 11.5. The Hall–Kier alpha value is -2.17. The van der Waals surface area contributed by atoms with Crippen LogP contribution >= 0.6 is 0 Å². The van der Waals surface area contributed by atoms with E-state index in [0.717, 1.165) is 0 Å². The summed E-state index contributed by atoms with van der Waals surface area (Å²) in [5.41, 5.74) is 7.50. The summed E-state index contributed by atoms with van der Waals surface area (Å²) in [6.45, 7) is 0. The molecule has 2 N–H and O–H groups in total. The van der Waals surface area contributed by atoms with Gasteiger partial charge >= 0.3 is 0 Å². The van der Waals surface area contributed by atoms with E-state index in [0.29, 0.717) is 16.9 Å². The Labute approximate surface area is 92.9 Å². The molecule has 0 radical (unpaired) electrons. The van der Waals surface area contributed by atoms with Gasteiger partial charge in [0.05, 0.1) is 12.1 Å². The number of benzene rings is 1. The van der Waals surface area contributed by atoms with Crippen LogP contribution in [0.4, 0.5) is 5.69 Å². The molecule has 0 bridgehead atoms. The predicted octanol–water partition coefficient (Wildman–Crippen LogP) is 0.823. The van der Waals surface area contributed by atoms with Gasteiger partial charge in [0.2, 0.25) is 0 Å². The van der Waals surface area contributed by atoms with Gasteiger partial charge in [-0.3, -0.25) is 9.48 Å². The van der Waals surface area contributed by atoms with Gasteiger partial charge in [-0.1, -0.05) is 5.21 Å². The lowest BCUT2D eigenvalue weighted by atomic mass is 10.1. The zero-order valence-corrected chi connectivity index (χ0v) is 8.92. The number of carbonyl (C=O) groups excluding carboxylic acids is 1. The lowest BCUT2D eigenvalue weighted by molar-refractivity contribution is 0.0992. The molecule has 0 atom stereocenters. The Balaban J connectivity index is 2.11. The maximum Gasteiger partial charge on any atom is 0.168 e. The molecule has 5 nitrogen and oxygen atoms in total. The van der Waals surface area contributed by atoms with Gasteiger partial charge in [0, 0.05) is 24.5 Å². The fraction of sp³-hybridized carbons (Fsp3) is 0.182. The van der Waals surface area contributed by atoms with E-state index < -0.39 is 0 Å². The first-order valence-corrected chi connectivity index (χ1v) is 4.89. The van der Waals surface area contributed by atoms with Crippen LogP contribution < -0.4 is 5.73 Å². The van der Waals surface area contributed by atoms with Gasteiger partial charge in [-0.15, -0.1) is 5.10 Å². The molecule has 5 heteroatoms. The van der Waals surface area contributed by atoms with Crippen molar-refractivity contribution in [1.29, 1.82) is 0 Å². The molecule has 0 amide bonds. The summed E-state index contributed by atoms with van der Waals surface area (Å²) in [4.78, 5) is 11.8. The molecule has 0 saturated heterocycles. The molecule has 1 heterocycles. The first kappa shape index (κ1) is 10.4. The molecule has 0 aliphatic carbocycles. The van der Waals surface area contributed by atoms with E-state index in [1.54, 1.807) is 42.2 Å². The molecule has 0 spiro atoms. The number of aromatic nitrogens is 3. The topological polar surface area (TPSA) is 73.8 Å². The molecular weight excluding hydrogens is 204 g/mol. The standard InChI is InChI=1S/C11H12N4O/c1-15-7-10(13-14-15)6-11(16)8-2-4-9(12)5-3-8/h2-5,7H,6,12H2,1H3. The Morgan fingerprint density at radius 2 is 2.06 bits per heavy atom. The predicted molar refractivity (Wildman–Crippen MR) is 59.9 cm³/mol. The number of nitrogen functional groups attached to an aromatic ring is 1. The highest BCUT2D eigenvalue weighted by atomic mass is 16.1. The highest BCUT2D eigenvalue weighted by Gasteiger charge is 2.09. The second-order valence-electron chi connectivity index (χ2n) is 3.61. The van der Waals surface area contributed by atoms with E-state index >= 15 is 0 Å². The smallest absolute Gasteiger partial charge is 0.168 e. The Kier molecular flexibility index (Phi) is 2.68. The van der Waals surface area contributed by atoms with Crippen LogP contribution in [0.3, 0.4) is 0 Å². The van der Waals surface area contributed by atoms with Crippen LogP contribution in [-0.2, 0) is 13.5 Å². The lowest BCUT2D eigenvalue weighted by Gasteiger charge is -1.98. The molecule has 2 aromatic rings. The molecule has 82 valence electrons. The third-order valence-electron chi connectivity index (χ3n) is 2.22. The maximum atomic E-state index is 11.8. The minimum atomic E-state index is 0.0144. The third kappa shape index (κ3) is 2.25. The highest BCUT2D eigenvalue weighted by molar-refractivity contribution is 5.97. The summed E-state index contributed by atoms with van der Waals surface area (Å²) in [5.74, 6) is 0.0144. The number of carbonyl (C=O) groups is 1. The van der Waals surface area contributed by atoms with Gasteiger partial charge in [-0.05, 0) is 24.3 Å². The molecule has 0 aliphatic rings. The van der Waals surface area contributed by atoms with Crippen LogP contribution in [0.15, 0.2) is 30.5 Å².